The van der Waals surface area contributed by atoms with Gasteiger partial charge in [-0.3, -0.25) is 19.3 Å². The highest BCUT2D eigenvalue weighted by molar-refractivity contribution is 6.22. The van der Waals surface area contributed by atoms with E-state index in [1.807, 2.05) is 20.9 Å². The van der Waals surface area contributed by atoms with Crippen molar-refractivity contribution in [3.63, 3.8) is 0 Å². The number of imide groups is 1. The highest BCUT2D eigenvalue weighted by atomic mass is 16.2. The van der Waals surface area contributed by atoms with Gasteiger partial charge < -0.3 is 4.90 Å². The molecule has 1 aromatic rings. The first-order valence-electron chi connectivity index (χ1n) is 9.15. The molecule has 5 heteroatoms. The molecule has 1 aliphatic carbocycles. The fourth-order valence-corrected chi connectivity index (χ4v) is 3.96. The van der Waals surface area contributed by atoms with Gasteiger partial charge in [-0.2, -0.15) is 0 Å². The van der Waals surface area contributed by atoms with E-state index in [1.54, 1.807) is 29.2 Å². The van der Waals surface area contributed by atoms with Crippen LogP contribution in [0.5, 0.6) is 0 Å². The maximum Gasteiger partial charge on any atom is 0.262 e. The van der Waals surface area contributed by atoms with Crippen molar-refractivity contribution < 1.29 is 14.4 Å². The van der Waals surface area contributed by atoms with Crippen LogP contribution < -0.4 is 0 Å². The molecule has 5 nitrogen and oxygen atoms in total. The number of carbonyl (C=O) groups excluding carboxylic acids is 3. The van der Waals surface area contributed by atoms with Crippen LogP contribution in [0.25, 0.3) is 0 Å². The van der Waals surface area contributed by atoms with E-state index in [4.69, 9.17) is 0 Å². The monoisotopic (exact) mass is 342 g/mol. The Balaban J connectivity index is 1.90. The van der Waals surface area contributed by atoms with Crippen LogP contribution in [0, 0.1) is 5.92 Å². The second-order valence-electron chi connectivity index (χ2n) is 7.56. The molecule has 0 bridgehead atoms. The van der Waals surface area contributed by atoms with Gasteiger partial charge in [0.05, 0.1) is 11.1 Å². The van der Waals surface area contributed by atoms with Gasteiger partial charge in [-0.25, -0.2) is 0 Å². The van der Waals surface area contributed by atoms with Gasteiger partial charge in [0, 0.05) is 13.1 Å². The van der Waals surface area contributed by atoms with Crippen molar-refractivity contribution in [3.05, 3.63) is 35.4 Å². The Morgan fingerprint density at radius 3 is 2.12 bits per heavy atom. The third-order valence-electron chi connectivity index (χ3n) is 5.34. The van der Waals surface area contributed by atoms with E-state index in [-0.39, 0.29) is 29.7 Å². The summed E-state index contributed by atoms with van der Waals surface area (Å²) in [7, 11) is 1.81. The van der Waals surface area contributed by atoms with Gasteiger partial charge in [0.15, 0.2) is 0 Å². The van der Waals surface area contributed by atoms with E-state index in [9.17, 15) is 14.4 Å². The average molecular weight is 342 g/mol. The number of nitrogens with zero attached hydrogens (tertiary/aromatic N) is 2. The number of fused-ring (bicyclic) bond motifs is 1. The van der Waals surface area contributed by atoms with E-state index < -0.39 is 6.04 Å². The maximum atomic E-state index is 13.2. The molecule has 0 radical (unpaired) electrons. The fraction of sp³-hybridized carbons (Fsp3) is 0.550. The second kappa shape index (κ2) is 6.98. The normalized spacial score (nSPS) is 18.8. The Hall–Kier alpha value is -2.17. The molecule has 3 rings (SSSR count). The molecule has 1 aliphatic heterocycles. The summed E-state index contributed by atoms with van der Waals surface area (Å²) in [5.41, 5.74) is 0.801. The molecule has 0 saturated heterocycles. The molecule has 2 aliphatic rings. The van der Waals surface area contributed by atoms with Crippen LogP contribution in [0.1, 0.15) is 66.7 Å². The number of rotatable bonds is 5. The molecular weight excluding hydrogens is 316 g/mol. The van der Waals surface area contributed by atoms with Crippen LogP contribution in [-0.2, 0) is 4.79 Å². The number of amides is 3. The Bertz CT molecular complexity index is 657. The largest absolute Gasteiger partial charge is 0.341 e. The van der Waals surface area contributed by atoms with Crippen molar-refractivity contribution >= 4 is 17.7 Å². The molecule has 1 heterocycles. The lowest BCUT2D eigenvalue weighted by molar-refractivity contribution is -0.136. The summed E-state index contributed by atoms with van der Waals surface area (Å²) in [6, 6.07) is 6.31. The molecule has 0 N–H and O–H groups in total. The Morgan fingerprint density at radius 1 is 1.12 bits per heavy atom. The zero-order valence-corrected chi connectivity index (χ0v) is 15.2. The Labute approximate surface area is 149 Å². The van der Waals surface area contributed by atoms with E-state index in [1.165, 1.54) is 4.90 Å². The number of likely N-dealkylation sites (N-methyl/N-ethyl adjacent to an activating group) is 1. The van der Waals surface area contributed by atoms with Crippen LogP contribution in [0.4, 0.5) is 0 Å². The van der Waals surface area contributed by atoms with Gasteiger partial charge in [-0.15, -0.1) is 0 Å². The minimum Gasteiger partial charge on any atom is -0.341 e. The smallest absolute Gasteiger partial charge is 0.262 e. The standard InChI is InChI=1S/C20H26N2O3/c1-13(2)12-17(20(25)21(3)14-8-4-5-9-14)22-18(23)15-10-6-7-11-16(15)19(22)24/h6-7,10-11,13-14,17H,4-5,8-9,12H2,1-3H3. The molecule has 1 fully saturated rings. The van der Waals surface area contributed by atoms with Crippen molar-refractivity contribution in [2.75, 3.05) is 7.05 Å². The predicted molar refractivity (Wildman–Crippen MR) is 95.2 cm³/mol. The first-order valence-corrected chi connectivity index (χ1v) is 9.15. The van der Waals surface area contributed by atoms with Gasteiger partial charge in [-0.05, 0) is 37.3 Å². The molecule has 1 atom stereocenters. The van der Waals surface area contributed by atoms with Gasteiger partial charge in [-0.1, -0.05) is 38.8 Å². The molecule has 1 saturated carbocycles. The molecule has 0 aromatic heterocycles. The highest BCUT2D eigenvalue weighted by Gasteiger charge is 2.44. The highest BCUT2D eigenvalue weighted by Crippen LogP contribution is 2.29. The quantitative estimate of drug-likeness (QED) is 0.773. The summed E-state index contributed by atoms with van der Waals surface area (Å²) in [6.07, 6.45) is 4.74. The van der Waals surface area contributed by atoms with Crippen LogP contribution in [0.15, 0.2) is 24.3 Å². The SMILES string of the molecule is CC(C)CC(C(=O)N(C)C1CCCC1)N1C(=O)c2ccccc2C1=O. The first kappa shape index (κ1) is 17.6. The van der Waals surface area contributed by atoms with Gasteiger partial charge in [0.2, 0.25) is 5.91 Å². The lowest BCUT2D eigenvalue weighted by atomic mass is 10.0. The van der Waals surface area contributed by atoms with E-state index in [2.05, 4.69) is 0 Å². The molecule has 1 unspecified atom stereocenters. The molecule has 0 spiro atoms. The number of carbonyl (C=O) groups is 3. The first-order chi connectivity index (χ1) is 11.9. The third kappa shape index (κ3) is 3.20. The molecule has 25 heavy (non-hydrogen) atoms. The minimum atomic E-state index is -0.724. The zero-order valence-electron chi connectivity index (χ0n) is 15.2. The second-order valence-corrected chi connectivity index (χ2v) is 7.56. The van der Waals surface area contributed by atoms with Crippen LogP contribution in [-0.4, -0.2) is 46.7 Å². The molecular formula is C20H26N2O3. The summed E-state index contributed by atoms with van der Waals surface area (Å²) >= 11 is 0. The summed E-state index contributed by atoms with van der Waals surface area (Å²) in [5.74, 6) is -0.607. The van der Waals surface area contributed by atoms with E-state index in [0.29, 0.717) is 17.5 Å². The average Bonchev–Trinajstić information content (AvgIpc) is 3.20. The minimum absolute atomic E-state index is 0.116. The van der Waals surface area contributed by atoms with Crippen molar-refractivity contribution in [2.45, 2.75) is 58.0 Å². The lowest BCUT2D eigenvalue weighted by Gasteiger charge is -2.33. The zero-order chi connectivity index (χ0) is 18.1. The van der Waals surface area contributed by atoms with Gasteiger partial charge in [0.1, 0.15) is 6.04 Å². The van der Waals surface area contributed by atoms with Crippen molar-refractivity contribution in [1.29, 1.82) is 0 Å². The molecule has 1 aromatic carbocycles. The topological polar surface area (TPSA) is 57.7 Å². The Morgan fingerprint density at radius 2 is 1.64 bits per heavy atom. The third-order valence-corrected chi connectivity index (χ3v) is 5.34. The number of hydrogen-bond donors (Lipinski definition) is 0. The van der Waals surface area contributed by atoms with Gasteiger partial charge >= 0.3 is 0 Å². The van der Waals surface area contributed by atoms with E-state index >= 15 is 0 Å². The predicted octanol–water partition coefficient (Wildman–Crippen LogP) is 3.10. The lowest BCUT2D eigenvalue weighted by Crippen LogP contribution is -2.52. The van der Waals surface area contributed by atoms with Crippen molar-refractivity contribution in [1.82, 2.24) is 9.80 Å². The van der Waals surface area contributed by atoms with Gasteiger partial charge in [0.25, 0.3) is 11.8 Å². The van der Waals surface area contributed by atoms with E-state index in [0.717, 1.165) is 25.7 Å². The summed E-state index contributed by atoms with van der Waals surface area (Å²) in [5, 5.41) is 0. The summed E-state index contributed by atoms with van der Waals surface area (Å²) in [6.45, 7) is 4.02. The summed E-state index contributed by atoms with van der Waals surface area (Å²) in [4.78, 5) is 41.8. The fourth-order valence-electron chi connectivity index (χ4n) is 3.96. The van der Waals surface area contributed by atoms with Crippen LogP contribution in [0.3, 0.4) is 0 Å². The Kier molecular flexibility index (Phi) is 4.93. The van der Waals surface area contributed by atoms with Crippen LogP contribution >= 0.6 is 0 Å². The maximum absolute atomic E-state index is 13.2. The van der Waals surface area contributed by atoms with Crippen molar-refractivity contribution in [2.24, 2.45) is 5.92 Å². The van der Waals surface area contributed by atoms with Crippen LogP contribution in [0.2, 0.25) is 0 Å². The molecule has 3 amide bonds. The molecule has 134 valence electrons. The van der Waals surface area contributed by atoms with Crippen molar-refractivity contribution in [3.8, 4) is 0 Å². The summed E-state index contributed by atoms with van der Waals surface area (Å²) < 4.78 is 0. The number of benzene rings is 1. The number of hydrogen-bond acceptors (Lipinski definition) is 3.